The molecule has 0 amide bonds. The molecule has 70 valence electrons. The minimum atomic E-state index is 0.494. The summed E-state index contributed by atoms with van der Waals surface area (Å²) >= 11 is 0. The average molecular weight is 169 g/mol. The third-order valence-corrected chi connectivity index (χ3v) is 2.37. The SMILES string of the molecule is CC.NC1=NC2CCCCC2N1. The highest BCUT2D eigenvalue weighted by atomic mass is 15.2. The Bertz CT molecular complexity index is 165. The average Bonchev–Trinajstić information content (AvgIpc) is 2.48. The van der Waals surface area contributed by atoms with Gasteiger partial charge in [0.25, 0.3) is 0 Å². The Kier molecular flexibility index (Phi) is 3.38. The third kappa shape index (κ3) is 1.90. The first kappa shape index (κ1) is 9.36. The number of fused-ring (bicyclic) bond motifs is 1. The van der Waals surface area contributed by atoms with Crippen LogP contribution in [0.5, 0.6) is 0 Å². The second-order valence-electron chi connectivity index (χ2n) is 3.12. The monoisotopic (exact) mass is 169 g/mol. The minimum Gasteiger partial charge on any atom is -0.370 e. The third-order valence-electron chi connectivity index (χ3n) is 2.37. The fourth-order valence-corrected chi connectivity index (χ4v) is 1.84. The summed E-state index contributed by atoms with van der Waals surface area (Å²) in [5, 5.41) is 3.18. The lowest BCUT2D eigenvalue weighted by atomic mass is 9.92. The van der Waals surface area contributed by atoms with E-state index in [1.165, 1.54) is 25.7 Å². The van der Waals surface area contributed by atoms with E-state index in [1.807, 2.05) is 13.8 Å². The lowest BCUT2D eigenvalue weighted by Gasteiger charge is -2.22. The predicted molar refractivity (Wildman–Crippen MR) is 52.2 cm³/mol. The van der Waals surface area contributed by atoms with E-state index < -0.39 is 0 Å². The van der Waals surface area contributed by atoms with E-state index in [9.17, 15) is 0 Å². The van der Waals surface area contributed by atoms with Crippen molar-refractivity contribution in [2.24, 2.45) is 10.7 Å². The van der Waals surface area contributed by atoms with Crippen LogP contribution in [-0.2, 0) is 0 Å². The molecule has 1 heterocycles. The molecular weight excluding hydrogens is 150 g/mol. The molecule has 3 N–H and O–H groups in total. The predicted octanol–water partition coefficient (Wildman–Crippen LogP) is 1.24. The van der Waals surface area contributed by atoms with Gasteiger partial charge in [0, 0.05) is 0 Å². The Morgan fingerprint density at radius 1 is 1.33 bits per heavy atom. The number of guanidine groups is 1. The highest BCUT2D eigenvalue weighted by Gasteiger charge is 2.29. The maximum atomic E-state index is 5.53. The van der Waals surface area contributed by atoms with Crippen molar-refractivity contribution in [2.75, 3.05) is 0 Å². The van der Waals surface area contributed by atoms with Gasteiger partial charge in [-0.1, -0.05) is 26.7 Å². The first-order valence-corrected chi connectivity index (χ1v) is 4.96. The van der Waals surface area contributed by atoms with Crippen LogP contribution in [0.15, 0.2) is 4.99 Å². The van der Waals surface area contributed by atoms with Crippen LogP contribution in [0.1, 0.15) is 39.5 Å². The van der Waals surface area contributed by atoms with E-state index in [-0.39, 0.29) is 0 Å². The highest BCUT2D eigenvalue weighted by molar-refractivity contribution is 5.80. The molecule has 1 saturated carbocycles. The normalized spacial score (nSPS) is 32.3. The van der Waals surface area contributed by atoms with Crippen molar-refractivity contribution in [1.29, 1.82) is 0 Å². The van der Waals surface area contributed by atoms with Crippen LogP contribution in [-0.4, -0.2) is 18.0 Å². The Morgan fingerprint density at radius 2 is 2.00 bits per heavy atom. The molecule has 2 atom stereocenters. The summed E-state index contributed by atoms with van der Waals surface area (Å²) in [6.07, 6.45) is 5.11. The van der Waals surface area contributed by atoms with Crippen molar-refractivity contribution in [1.82, 2.24) is 5.32 Å². The Morgan fingerprint density at radius 3 is 2.67 bits per heavy atom. The van der Waals surface area contributed by atoms with Crippen LogP contribution in [0, 0.1) is 0 Å². The van der Waals surface area contributed by atoms with E-state index in [4.69, 9.17) is 5.73 Å². The minimum absolute atomic E-state index is 0.494. The summed E-state index contributed by atoms with van der Waals surface area (Å²) in [6, 6.07) is 1.06. The molecule has 0 aromatic heterocycles. The van der Waals surface area contributed by atoms with Gasteiger partial charge in [-0.25, -0.2) is 4.99 Å². The van der Waals surface area contributed by atoms with E-state index in [2.05, 4.69) is 10.3 Å². The molecule has 0 spiro atoms. The van der Waals surface area contributed by atoms with E-state index in [1.54, 1.807) is 0 Å². The van der Waals surface area contributed by atoms with Crippen LogP contribution in [0.25, 0.3) is 0 Å². The van der Waals surface area contributed by atoms with Crippen molar-refractivity contribution in [3.63, 3.8) is 0 Å². The molecule has 0 radical (unpaired) electrons. The highest BCUT2D eigenvalue weighted by Crippen LogP contribution is 2.23. The molecule has 0 aromatic carbocycles. The molecule has 3 nitrogen and oxygen atoms in total. The smallest absolute Gasteiger partial charge is 0.189 e. The van der Waals surface area contributed by atoms with Gasteiger partial charge >= 0.3 is 0 Å². The molecule has 1 aliphatic heterocycles. The zero-order chi connectivity index (χ0) is 8.97. The van der Waals surface area contributed by atoms with E-state index in [0.29, 0.717) is 18.0 Å². The number of rotatable bonds is 0. The number of hydrogen-bond acceptors (Lipinski definition) is 3. The number of aliphatic imine (C=N–C) groups is 1. The van der Waals surface area contributed by atoms with Gasteiger partial charge in [0.15, 0.2) is 5.96 Å². The molecule has 2 unspecified atom stereocenters. The van der Waals surface area contributed by atoms with Gasteiger partial charge < -0.3 is 11.1 Å². The Hall–Kier alpha value is -0.730. The maximum absolute atomic E-state index is 5.53. The molecule has 3 heteroatoms. The van der Waals surface area contributed by atoms with Gasteiger partial charge in [-0.2, -0.15) is 0 Å². The number of hydrogen-bond donors (Lipinski definition) is 2. The van der Waals surface area contributed by atoms with Crippen LogP contribution < -0.4 is 11.1 Å². The van der Waals surface area contributed by atoms with Crippen molar-refractivity contribution in [3.8, 4) is 0 Å². The number of nitrogens with zero attached hydrogens (tertiary/aromatic N) is 1. The summed E-state index contributed by atoms with van der Waals surface area (Å²) < 4.78 is 0. The molecule has 0 saturated heterocycles. The van der Waals surface area contributed by atoms with Crippen LogP contribution in [0.4, 0.5) is 0 Å². The maximum Gasteiger partial charge on any atom is 0.189 e. The first-order chi connectivity index (χ1) is 5.86. The summed E-state index contributed by atoms with van der Waals surface area (Å²) in [5.74, 6) is 0.650. The fourth-order valence-electron chi connectivity index (χ4n) is 1.84. The van der Waals surface area contributed by atoms with Gasteiger partial charge in [-0.15, -0.1) is 0 Å². The quantitative estimate of drug-likeness (QED) is 0.573. The second-order valence-corrected chi connectivity index (χ2v) is 3.12. The zero-order valence-electron chi connectivity index (χ0n) is 8.01. The van der Waals surface area contributed by atoms with Gasteiger partial charge in [0.1, 0.15) is 0 Å². The van der Waals surface area contributed by atoms with Crippen LogP contribution in [0.2, 0.25) is 0 Å². The fraction of sp³-hybridized carbons (Fsp3) is 0.889. The molecule has 2 aliphatic rings. The summed E-state index contributed by atoms with van der Waals surface area (Å²) in [4.78, 5) is 4.29. The largest absolute Gasteiger partial charge is 0.370 e. The van der Waals surface area contributed by atoms with Gasteiger partial charge in [-0.05, 0) is 12.8 Å². The summed E-state index contributed by atoms with van der Waals surface area (Å²) in [6.45, 7) is 4.00. The van der Waals surface area contributed by atoms with Gasteiger partial charge in [0.2, 0.25) is 0 Å². The Balaban J connectivity index is 0.000000336. The molecule has 0 aromatic rings. The van der Waals surface area contributed by atoms with Crippen molar-refractivity contribution < 1.29 is 0 Å². The standard InChI is InChI=1S/C7H13N3.C2H6/c8-7-9-5-3-1-2-4-6(5)10-7;1-2/h5-6H,1-4H2,(H3,8,9,10);1-2H3. The van der Waals surface area contributed by atoms with Gasteiger partial charge in [-0.3, -0.25) is 0 Å². The molecule has 12 heavy (non-hydrogen) atoms. The summed E-state index contributed by atoms with van der Waals surface area (Å²) in [5.41, 5.74) is 5.53. The lowest BCUT2D eigenvalue weighted by molar-refractivity contribution is 0.384. The number of nitrogens with two attached hydrogens (primary N) is 1. The molecule has 2 rings (SSSR count). The van der Waals surface area contributed by atoms with Crippen molar-refractivity contribution in [2.45, 2.75) is 51.6 Å². The van der Waals surface area contributed by atoms with Crippen molar-refractivity contribution >= 4 is 5.96 Å². The molecule has 1 fully saturated rings. The number of nitrogens with one attached hydrogen (secondary N) is 1. The van der Waals surface area contributed by atoms with E-state index in [0.717, 1.165) is 0 Å². The Labute approximate surface area is 74.4 Å². The first-order valence-electron chi connectivity index (χ1n) is 4.96. The molecular formula is C9H19N3. The van der Waals surface area contributed by atoms with E-state index >= 15 is 0 Å². The van der Waals surface area contributed by atoms with Crippen LogP contribution >= 0.6 is 0 Å². The molecule has 1 aliphatic carbocycles. The zero-order valence-corrected chi connectivity index (χ0v) is 8.01. The second kappa shape index (κ2) is 4.33. The van der Waals surface area contributed by atoms with Gasteiger partial charge in [0.05, 0.1) is 12.1 Å². The lowest BCUT2D eigenvalue weighted by Crippen LogP contribution is -2.39. The topological polar surface area (TPSA) is 50.4 Å². The van der Waals surface area contributed by atoms with Crippen LogP contribution in [0.3, 0.4) is 0 Å². The summed E-state index contributed by atoms with van der Waals surface area (Å²) in [7, 11) is 0. The molecule has 0 bridgehead atoms. The van der Waals surface area contributed by atoms with Crippen molar-refractivity contribution in [3.05, 3.63) is 0 Å².